The summed E-state index contributed by atoms with van der Waals surface area (Å²) in [5.74, 6) is -0.149. The van der Waals surface area contributed by atoms with Crippen LogP contribution in [0, 0.1) is 0 Å². The summed E-state index contributed by atoms with van der Waals surface area (Å²) in [5, 5.41) is 17.6. The molecule has 0 bridgehead atoms. The van der Waals surface area contributed by atoms with Crippen molar-refractivity contribution in [2.24, 2.45) is 0 Å². The lowest BCUT2D eigenvalue weighted by molar-refractivity contribution is 0.00933. The van der Waals surface area contributed by atoms with Gasteiger partial charge in [-0.2, -0.15) is 0 Å². The van der Waals surface area contributed by atoms with Crippen LogP contribution in [0.25, 0.3) is 0 Å². The number of carbonyl (C=O) groups is 1. The molecule has 1 atom stereocenters. The van der Waals surface area contributed by atoms with Gasteiger partial charge >= 0.3 is 5.97 Å². The van der Waals surface area contributed by atoms with Gasteiger partial charge in [0.15, 0.2) is 0 Å². The van der Waals surface area contributed by atoms with Gasteiger partial charge in [0.1, 0.15) is 18.5 Å². The molecular weight excluding hydrogens is 226 g/mol. The molecule has 0 saturated heterocycles. The van der Waals surface area contributed by atoms with E-state index in [2.05, 4.69) is 0 Å². The number of nitrogens with two attached hydrogens (primary N) is 1. The zero-order valence-electron chi connectivity index (χ0n) is 9.42. The first-order valence-electron chi connectivity index (χ1n) is 4.98. The summed E-state index contributed by atoms with van der Waals surface area (Å²) in [4.78, 5) is 11.5. The van der Waals surface area contributed by atoms with E-state index >= 15 is 0 Å². The van der Waals surface area contributed by atoms with Gasteiger partial charge in [0.25, 0.3) is 0 Å². The highest BCUT2D eigenvalue weighted by molar-refractivity contribution is 5.91. The standard InChI is InChI=1S/C11H15NO5/c1-16-10-3-2-7(4-9(10)12)11(15)17-6-8(14)5-13/h2-4,8,13-14H,5-6,12H2,1H3. The Morgan fingerprint density at radius 3 is 2.76 bits per heavy atom. The van der Waals surface area contributed by atoms with Gasteiger partial charge in [-0.3, -0.25) is 0 Å². The molecule has 1 rings (SSSR count). The number of esters is 1. The minimum absolute atomic E-state index is 0.258. The number of carbonyl (C=O) groups excluding carboxylic acids is 1. The molecule has 0 aromatic heterocycles. The van der Waals surface area contributed by atoms with E-state index in [0.29, 0.717) is 11.4 Å². The molecule has 6 heteroatoms. The summed E-state index contributed by atoms with van der Waals surface area (Å²) in [7, 11) is 1.47. The number of anilines is 1. The van der Waals surface area contributed by atoms with Gasteiger partial charge in [0, 0.05) is 0 Å². The van der Waals surface area contributed by atoms with Gasteiger partial charge in [-0.25, -0.2) is 4.79 Å². The Morgan fingerprint density at radius 2 is 2.24 bits per heavy atom. The lowest BCUT2D eigenvalue weighted by atomic mass is 10.2. The first-order chi connectivity index (χ1) is 8.08. The van der Waals surface area contributed by atoms with Gasteiger partial charge in [0.2, 0.25) is 0 Å². The molecule has 1 unspecified atom stereocenters. The third-order valence-corrected chi connectivity index (χ3v) is 2.08. The highest BCUT2D eigenvalue weighted by atomic mass is 16.5. The largest absolute Gasteiger partial charge is 0.495 e. The molecule has 0 heterocycles. The van der Waals surface area contributed by atoms with E-state index in [1.165, 1.54) is 19.2 Å². The second-order valence-corrected chi connectivity index (χ2v) is 3.39. The van der Waals surface area contributed by atoms with Crippen molar-refractivity contribution in [1.29, 1.82) is 0 Å². The number of aliphatic hydroxyl groups excluding tert-OH is 2. The van der Waals surface area contributed by atoms with E-state index < -0.39 is 18.7 Å². The van der Waals surface area contributed by atoms with Crippen LogP contribution in [0.5, 0.6) is 5.75 Å². The Labute approximate surface area is 98.6 Å². The van der Waals surface area contributed by atoms with Gasteiger partial charge in [-0.1, -0.05) is 0 Å². The molecule has 4 N–H and O–H groups in total. The lowest BCUT2D eigenvalue weighted by Crippen LogP contribution is -2.22. The van der Waals surface area contributed by atoms with Crippen molar-refractivity contribution < 1.29 is 24.5 Å². The molecule has 0 spiro atoms. The maximum Gasteiger partial charge on any atom is 0.338 e. The van der Waals surface area contributed by atoms with Crippen LogP contribution < -0.4 is 10.5 Å². The van der Waals surface area contributed by atoms with Crippen LogP contribution >= 0.6 is 0 Å². The average molecular weight is 241 g/mol. The zero-order valence-corrected chi connectivity index (χ0v) is 9.42. The number of nitrogen functional groups attached to an aromatic ring is 1. The summed E-state index contributed by atoms with van der Waals surface area (Å²) in [5.41, 5.74) is 6.21. The highest BCUT2D eigenvalue weighted by Gasteiger charge is 2.12. The van der Waals surface area contributed by atoms with E-state index in [1.54, 1.807) is 6.07 Å². The molecule has 0 aliphatic carbocycles. The molecule has 17 heavy (non-hydrogen) atoms. The molecule has 0 aliphatic heterocycles. The number of hydrogen-bond acceptors (Lipinski definition) is 6. The molecule has 0 aliphatic rings. The highest BCUT2D eigenvalue weighted by Crippen LogP contribution is 2.22. The van der Waals surface area contributed by atoms with Gasteiger partial charge < -0.3 is 25.4 Å². The van der Waals surface area contributed by atoms with Crippen LogP contribution in [0.15, 0.2) is 18.2 Å². The minimum Gasteiger partial charge on any atom is -0.495 e. The number of aliphatic hydroxyl groups is 2. The van der Waals surface area contributed by atoms with E-state index in [9.17, 15) is 4.79 Å². The summed E-state index contributed by atoms with van der Waals surface area (Å²) >= 11 is 0. The second kappa shape index (κ2) is 6.07. The Hall–Kier alpha value is -1.79. The van der Waals surface area contributed by atoms with Crippen molar-refractivity contribution in [1.82, 2.24) is 0 Å². The average Bonchev–Trinajstić information content (AvgIpc) is 2.35. The SMILES string of the molecule is COc1ccc(C(=O)OCC(O)CO)cc1N. The third-order valence-electron chi connectivity index (χ3n) is 2.08. The van der Waals surface area contributed by atoms with Crippen LogP contribution in [-0.4, -0.2) is 42.6 Å². The van der Waals surface area contributed by atoms with Crippen LogP contribution in [0.3, 0.4) is 0 Å². The maximum atomic E-state index is 11.5. The summed E-state index contributed by atoms with van der Waals surface area (Å²) in [6.45, 7) is -0.723. The Morgan fingerprint density at radius 1 is 1.53 bits per heavy atom. The minimum atomic E-state index is -1.07. The molecule has 0 fully saturated rings. The van der Waals surface area contributed by atoms with E-state index in [-0.39, 0.29) is 12.2 Å². The van der Waals surface area contributed by atoms with Crippen LogP contribution in [0.4, 0.5) is 5.69 Å². The van der Waals surface area contributed by atoms with Crippen molar-refractivity contribution >= 4 is 11.7 Å². The quantitative estimate of drug-likeness (QED) is 0.487. The molecule has 0 saturated carbocycles. The molecular formula is C11H15NO5. The van der Waals surface area contributed by atoms with Crippen molar-refractivity contribution in [2.45, 2.75) is 6.10 Å². The fraction of sp³-hybridized carbons (Fsp3) is 0.364. The number of ether oxygens (including phenoxy) is 2. The lowest BCUT2D eigenvalue weighted by Gasteiger charge is -2.09. The van der Waals surface area contributed by atoms with Gasteiger partial charge in [-0.15, -0.1) is 0 Å². The van der Waals surface area contributed by atoms with Crippen molar-refractivity contribution in [2.75, 3.05) is 26.1 Å². The summed E-state index contributed by atoms with van der Waals surface area (Å²) in [6, 6.07) is 4.48. The second-order valence-electron chi connectivity index (χ2n) is 3.39. The molecule has 94 valence electrons. The topological polar surface area (TPSA) is 102 Å². The number of methoxy groups -OCH3 is 1. The van der Waals surface area contributed by atoms with Crippen LogP contribution in [0.2, 0.25) is 0 Å². The zero-order chi connectivity index (χ0) is 12.8. The van der Waals surface area contributed by atoms with Crippen LogP contribution in [0.1, 0.15) is 10.4 Å². The monoisotopic (exact) mass is 241 g/mol. The Balaban J connectivity index is 2.66. The molecule has 6 nitrogen and oxygen atoms in total. The fourth-order valence-corrected chi connectivity index (χ4v) is 1.17. The smallest absolute Gasteiger partial charge is 0.338 e. The first-order valence-corrected chi connectivity index (χ1v) is 4.98. The Bertz CT molecular complexity index is 393. The van der Waals surface area contributed by atoms with Crippen molar-refractivity contribution in [3.05, 3.63) is 23.8 Å². The summed E-state index contributed by atoms with van der Waals surface area (Å²) < 4.78 is 9.71. The van der Waals surface area contributed by atoms with Gasteiger partial charge in [0.05, 0.1) is 25.0 Å². The first kappa shape index (κ1) is 13.3. The molecule has 1 aromatic carbocycles. The third kappa shape index (κ3) is 3.61. The van der Waals surface area contributed by atoms with E-state index in [1.807, 2.05) is 0 Å². The fourth-order valence-electron chi connectivity index (χ4n) is 1.17. The Kier molecular flexibility index (Phi) is 4.74. The maximum absolute atomic E-state index is 11.5. The van der Waals surface area contributed by atoms with E-state index in [4.69, 9.17) is 25.4 Å². The summed E-state index contributed by atoms with van der Waals surface area (Å²) in [6.07, 6.45) is -1.07. The molecule has 1 aromatic rings. The normalized spacial score (nSPS) is 11.9. The predicted molar refractivity (Wildman–Crippen MR) is 60.8 cm³/mol. The van der Waals surface area contributed by atoms with Crippen molar-refractivity contribution in [3.8, 4) is 5.75 Å². The van der Waals surface area contributed by atoms with Crippen LogP contribution in [-0.2, 0) is 4.74 Å². The van der Waals surface area contributed by atoms with Gasteiger partial charge in [-0.05, 0) is 18.2 Å². The predicted octanol–water partition coefficient (Wildman–Crippen LogP) is -0.213. The van der Waals surface area contributed by atoms with E-state index in [0.717, 1.165) is 0 Å². The molecule has 0 radical (unpaired) electrons. The number of hydrogen-bond donors (Lipinski definition) is 3. The molecule has 0 amide bonds. The van der Waals surface area contributed by atoms with Crippen molar-refractivity contribution in [3.63, 3.8) is 0 Å². The number of rotatable bonds is 5. The number of benzene rings is 1.